The first-order valence-electron chi connectivity index (χ1n) is 5.09. The average molecular weight is 193 g/mol. The van der Waals surface area contributed by atoms with Crippen LogP contribution in [0.5, 0.6) is 5.75 Å². The van der Waals surface area contributed by atoms with E-state index in [0.29, 0.717) is 0 Å². The molecule has 0 saturated carbocycles. The van der Waals surface area contributed by atoms with Crippen LogP contribution in [0.3, 0.4) is 0 Å². The Morgan fingerprint density at radius 2 is 2.14 bits per heavy atom. The summed E-state index contributed by atoms with van der Waals surface area (Å²) in [6.07, 6.45) is 2.15. The van der Waals surface area contributed by atoms with Crippen molar-refractivity contribution in [3.63, 3.8) is 0 Å². The fourth-order valence-corrected chi connectivity index (χ4v) is 1.61. The summed E-state index contributed by atoms with van der Waals surface area (Å²) in [6.45, 7) is 4.19. The molecule has 2 N–H and O–H groups in total. The van der Waals surface area contributed by atoms with E-state index in [-0.39, 0.29) is 6.04 Å². The molecule has 78 valence electrons. The van der Waals surface area contributed by atoms with Crippen LogP contribution in [0, 0.1) is 6.92 Å². The number of hydrogen-bond acceptors (Lipinski definition) is 2. The Labute approximate surface area is 86.1 Å². The summed E-state index contributed by atoms with van der Waals surface area (Å²) in [5.74, 6) is 0.928. The largest absolute Gasteiger partial charge is 0.496 e. The van der Waals surface area contributed by atoms with Crippen LogP contribution in [0.1, 0.15) is 36.9 Å². The minimum atomic E-state index is 0.157. The quantitative estimate of drug-likeness (QED) is 0.798. The highest BCUT2D eigenvalue weighted by atomic mass is 16.5. The number of hydrogen-bond donors (Lipinski definition) is 1. The lowest BCUT2D eigenvalue weighted by atomic mass is 10.0. The highest BCUT2D eigenvalue weighted by Gasteiger charge is 2.06. The van der Waals surface area contributed by atoms with Crippen molar-refractivity contribution < 1.29 is 4.74 Å². The van der Waals surface area contributed by atoms with Crippen molar-refractivity contribution in [3.05, 3.63) is 29.3 Å². The standard InChI is InChI=1S/C12H19NO/c1-4-5-11(13)10-6-7-12(14-3)9(2)8-10/h6-8,11H,4-5,13H2,1-3H3. The maximum Gasteiger partial charge on any atom is 0.121 e. The molecule has 1 rings (SSSR count). The lowest BCUT2D eigenvalue weighted by Crippen LogP contribution is -2.09. The van der Waals surface area contributed by atoms with E-state index in [0.717, 1.165) is 24.2 Å². The lowest BCUT2D eigenvalue weighted by Gasteiger charge is -2.13. The summed E-state index contributed by atoms with van der Waals surface area (Å²) in [5.41, 5.74) is 8.37. The summed E-state index contributed by atoms with van der Waals surface area (Å²) in [5, 5.41) is 0. The van der Waals surface area contributed by atoms with E-state index in [1.54, 1.807) is 7.11 Å². The van der Waals surface area contributed by atoms with Crippen LogP contribution in [-0.2, 0) is 0 Å². The first kappa shape index (κ1) is 11.1. The Morgan fingerprint density at radius 3 is 2.64 bits per heavy atom. The van der Waals surface area contributed by atoms with Gasteiger partial charge in [0.2, 0.25) is 0 Å². The van der Waals surface area contributed by atoms with Crippen molar-refractivity contribution in [1.82, 2.24) is 0 Å². The number of aryl methyl sites for hydroxylation is 1. The van der Waals surface area contributed by atoms with Gasteiger partial charge in [0.25, 0.3) is 0 Å². The summed E-state index contributed by atoms with van der Waals surface area (Å²) >= 11 is 0. The van der Waals surface area contributed by atoms with E-state index >= 15 is 0 Å². The highest BCUT2D eigenvalue weighted by Crippen LogP contribution is 2.23. The highest BCUT2D eigenvalue weighted by molar-refractivity contribution is 5.37. The Kier molecular flexibility index (Phi) is 3.96. The van der Waals surface area contributed by atoms with Gasteiger partial charge in [0.05, 0.1) is 7.11 Å². The van der Waals surface area contributed by atoms with Gasteiger partial charge in [-0.3, -0.25) is 0 Å². The molecular weight excluding hydrogens is 174 g/mol. The maximum atomic E-state index is 6.03. The molecule has 0 spiro atoms. The van der Waals surface area contributed by atoms with E-state index in [2.05, 4.69) is 13.0 Å². The predicted octanol–water partition coefficient (Wildman–Crippen LogP) is 2.80. The third-order valence-electron chi connectivity index (χ3n) is 2.45. The van der Waals surface area contributed by atoms with E-state index in [4.69, 9.17) is 10.5 Å². The Bertz CT molecular complexity index is 296. The molecular formula is C12H19NO. The Morgan fingerprint density at radius 1 is 1.43 bits per heavy atom. The van der Waals surface area contributed by atoms with Crippen LogP contribution in [0.25, 0.3) is 0 Å². The second-order valence-corrected chi connectivity index (χ2v) is 3.62. The number of benzene rings is 1. The number of nitrogens with two attached hydrogens (primary N) is 1. The van der Waals surface area contributed by atoms with Crippen molar-refractivity contribution in [3.8, 4) is 5.75 Å². The van der Waals surface area contributed by atoms with Crippen LogP contribution in [0.15, 0.2) is 18.2 Å². The van der Waals surface area contributed by atoms with Crippen LogP contribution in [-0.4, -0.2) is 7.11 Å². The second-order valence-electron chi connectivity index (χ2n) is 3.62. The molecule has 1 atom stereocenters. The lowest BCUT2D eigenvalue weighted by molar-refractivity contribution is 0.411. The molecule has 14 heavy (non-hydrogen) atoms. The Balaban J connectivity index is 2.85. The molecule has 0 radical (unpaired) electrons. The molecule has 0 aliphatic rings. The summed E-state index contributed by atoms with van der Waals surface area (Å²) < 4.78 is 5.20. The van der Waals surface area contributed by atoms with Gasteiger partial charge in [-0.2, -0.15) is 0 Å². The fraction of sp³-hybridized carbons (Fsp3) is 0.500. The minimum absolute atomic E-state index is 0.157. The van der Waals surface area contributed by atoms with Crippen LogP contribution >= 0.6 is 0 Å². The molecule has 2 heteroatoms. The third kappa shape index (κ3) is 2.48. The van der Waals surface area contributed by atoms with Gasteiger partial charge >= 0.3 is 0 Å². The van der Waals surface area contributed by atoms with Crippen molar-refractivity contribution in [1.29, 1.82) is 0 Å². The molecule has 0 aromatic heterocycles. The van der Waals surface area contributed by atoms with E-state index in [1.165, 1.54) is 5.56 Å². The fourth-order valence-electron chi connectivity index (χ4n) is 1.61. The van der Waals surface area contributed by atoms with Crippen molar-refractivity contribution in [2.45, 2.75) is 32.7 Å². The predicted molar refractivity (Wildman–Crippen MR) is 59.6 cm³/mol. The number of methoxy groups -OCH3 is 1. The zero-order valence-corrected chi connectivity index (χ0v) is 9.21. The molecule has 0 amide bonds. The average Bonchev–Trinajstić information content (AvgIpc) is 2.18. The van der Waals surface area contributed by atoms with Crippen molar-refractivity contribution in [2.24, 2.45) is 5.73 Å². The molecule has 1 aromatic rings. The van der Waals surface area contributed by atoms with Gasteiger partial charge in [-0.1, -0.05) is 25.5 Å². The summed E-state index contributed by atoms with van der Waals surface area (Å²) in [6, 6.07) is 6.30. The molecule has 0 bridgehead atoms. The van der Waals surface area contributed by atoms with Gasteiger partial charge in [-0.05, 0) is 30.5 Å². The van der Waals surface area contributed by atoms with Crippen LogP contribution in [0.4, 0.5) is 0 Å². The molecule has 1 aromatic carbocycles. The first-order valence-corrected chi connectivity index (χ1v) is 5.09. The van der Waals surface area contributed by atoms with Gasteiger partial charge in [0.1, 0.15) is 5.75 Å². The number of ether oxygens (including phenoxy) is 1. The summed E-state index contributed by atoms with van der Waals surface area (Å²) in [4.78, 5) is 0. The number of rotatable bonds is 4. The SMILES string of the molecule is CCCC(N)c1ccc(OC)c(C)c1. The Hall–Kier alpha value is -1.02. The van der Waals surface area contributed by atoms with E-state index < -0.39 is 0 Å². The van der Waals surface area contributed by atoms with E-state index in [1.807, 2.05) is 19.1 Å². The molecule has 0 fully saturated rings. The first-order chi connectivity index (χ1) is 6.69. The van der Waals surface area contributed by atoms with Crippen LogP contribution < -0.4 is 10.5 Å². The zero-order chi connectivity index (χ0) is 10.6. The van der Waals surface area contributed by atoms with Crippen molar-refractivity contribution in [2.75, 3.05) is 7.11 Å². The monoisotopic (exact) mass is 193 g/mol. The van der Waals surface area contributed by atoms with Gasteiger partial charge in [-0.25, -0.2) is 0 Å². The molecule has 1 unspecified atom stereocenters. The van der Waals surface area contributed by atoms with Crippen LogP contribution in [0.2, 0.25) is 0 Å². The molecule has 0 saturated heterocycles. The normalized spacial score (nSPS) is 12.6. The van der Waals surface area contributed by atoms with Gasteiger partial charge in [0.15, 0.2) is 0 Å². The topological polar surface area (TPSA) is 35.2 Å². The second kappa shape index (κ2) is 5.01. The molecule has 0 aliphatic heterocycles. The summed E-state index contributed by atoms with van der Waals surface area (Å²) in [7, 11) is 1.69. The molecule has 0 aliphatic carbocycles. The zero-order valence-electron chi connectivity index (χ0n) is 9.21. The van der Waals surface area contributed by atoms with Gasteiger partial charge in [0, 0.05) is 6.04 Å². The third-order valence-corrected chi connectivity index (χ3v) is 2.45. The van der Waals surface area contributed by atoms with E-state index in [9.17, 15) is 0 Å². The van der Waals surface area contributed by atoms with Gasteiger partial charge in [-0.15, -0.1) is 0 Å². The molecule has 0 heterocycles. The maximum absolute atomic E-state index is 6.03. The minimum Gasteiger partial charge on any atom is -0.496 e. The van der Waals surface area contributed by atoms with Gasteiger partial charge < -0.3 is 10.5 Å². The smallest absolute Gasteiger partial charge is 0.121 e. The van der Waals surface area contributed by atoms with Crippen molar-refractivity contribution >= 4 is 0 Å². The molecule has 2 nitrogen and oxygen atoms in total.